The number of carboxylic acid groups (broad SMARTS) is 2. The van der Waals surface area contributed by atoms with Crippen molar-refractivity contribution in [1.82, 2.24) is 0 Å². The molecule has 0 aliphatic heterocycles. The molecular weight excluding hydrogens is 304 g/mol. The van der Waals surface area contributed by atoms with Crippen LogP contribution in [0.25, 0.3) is 32.3 Å². The van der Waals surface area contributed by atoms with Crippen LogP contribution in [0.4, 0.5) is 0 Å². The van der Waals surface area contributed by atoms with E-state index in [9.17, 15) is 19.8 Å². The number of fused-ring (bicyclic) bond motifs is 4. The number of hydrogen-bond acceptors (Lipinski definition) is 2. The summed E-state index contributed by atoms with van der Waals surface area (Å²) in [4.78, 5) is 23.6. The average molecular weight is 316 g/mol. The van der Waals surface area contributed by atoms with Crippen LogP contribution in [0, 0.1) is 0 Å². The molecule has 0 radical (unpaired) electrons. The van der Waals surface area contributed by atoms with Gasteiger partial charge in [0.2, 0.25) is 0 Å². The van der Waals surface area contributed by atoms with Gasteiger partial charge in [-0.25, -0.2) is 9.59 Å². The van der Waals surface area contributed by atoms with E-state index < -0.39 is 11.9 Å². The standard InChI is InChI=1S/C20H12O4/c21-19(22)17-14-8-4-3-7-13(14)15-9-11-5-1-2-6-12(11)10-16(15)18(17)20(23)24/h1-10H,(H,21,22)(H,23,24). The van der Waals surface area contributed by atoms with Crippen molar-refractivity contribution in [3.05, 3.63) is 71.8 Å². The van der Waals surface area contributed by atoms with Crippen molar-refractivity contribution in [3.63, 3.8) is 0 Å². The first-order chi connectivity index (χ1) is 11.6. The van der Waals surface area contributed by atoms with E-state index in [2.05, 4.69) is 0 Å². The number of carbonyl (C=O) groups is 2. The Morgan fingerprint density at radius 2 is 1.04 bits per heavy atom. The van der Waals surface area contributed by atoms with Crippen molar-refractivity contribution < 1.29 is 19.8 Å². The smallest absolute Gasteiger partial charge is 0.337 e. The van der Waals surface area contributed by atoms with Gasteiger partial charge in [-0.15, -0.1) is 0 Å². The summed E-state index contributed by atoms with van der Waals surface area (Å²) in [6, 6.07) is 18.3. The molecule has 116 valence electrons. The monoisotopic (exact) mass is 316 g/mol. The lowest BCUT2D eigenvalue weighted by Crippen LogP contribution is -2.10. The fourth-order valence-electron chi connectivity index (χ4n) is 3.32. The van der Waals surface area contributed by atoms with E-state index in [-0.39, 0.29) is 11.1 Å². The summed E-state index contributed by atoms with van der Waals surface area (Å²) in [5.41, 5.74) is -0.331. The van der Waals surface area contributed by atoms with Crippen LogP contribution in [0.1, 0.15) is 20.7 Å². The lowest BCUT2D eigenvalue weighted by atomic mass is 9.90. The summed E-state index contributed by atoms with van der Waals surface area (Å²) in [5.74, 6) is -2.47. The van der Waals surface area contributed by atoms with E-state index in [1.807, 2.05) is 42.5 Å². The maximum atomic E-state index is 11.9. The molecular formula is C20H12O4. The zero-order valence-corrected chi connectivity index (χ0v) is 12.5. The van der Waals surface area contributed by atoms with Crippen molar-refractivity contribution in [3.8, 4) is 0 Å². The Morgan fingerprint density at radius 1 is 0.583 bits per heavy atom. The van der Waals surface area contributed by atoms with Crippen molar-refractivity contribution >= 4 is 44.3 Å². The van der Waals surface area contributed by atoms with E-state index in [1.54, 1.807) is 18.2 Å². The highest BCUT2D eigenvalue weighted by molar-refractivity contribution is 6.25. The normalized spacial score (nSPS) is 11.2. The van der Waals surface area contributed by atoms with Crippen LogP contribution in [-0.2, 0) is 0 Å². The third-order valence-corrected chi connectivity index (χ3v) is 4.32. The van der Waals surface area contributed by atoms with Gasteiger partial charge in [-0.1, -0.05) is 48.5 Å². The maximum absolute atomic E-state index is 11.9. The van der Waals surface area contributed by atoms with Crippen LogP contribution in [0.3, 0.4) is 0 Å². The van der Waals surface area contributed by atoms with Gasteiger partial charge in [0.1, 0.15) is 0 Å². The van der Waals surface area contributed by atoms with Crippen LogP contribution in [0.15, 0.2) is 60.7 Å². The third-order valence-electron chi connectivity index (χ3n) is 4.32. The SMILES string of the molecule is O=C(O)c1c(C(=O)O)c2cc3ccccc3cc2c2ccccc12. The highest BCUT2D eigenvalue weighted by Crippen LogP contribution is 2.35. The Balaban J connectivity index is 2.37. The van der Waals surface area contributed by atoms with Gasteiger partial charge in [0.05, 0.1) is 11.1 Å². The zero-order chi connectivity index (χ0) is 16.8. The summed E-state index contributed by atoms with van der Waals surface area (Å²) in [6.45, 7) is 0. The Morgan fingerprint density at radius 3 is 1.62 bits per heavy atom. The second kappa shape index (κ2) is 5.06. The molecule has 0 aliphatic carbocycles. The molecule has 0 bridgehead atoms. The lowest BCUT2D eigenvalue weighted by molar-refractivity contribution is 0.0655. The lowest BCUT2D eigenvalue weighted by Gasteiger charge is -2.13. The molecule has 0 saturated carbocycles. The second-order valence-corrected chi connectivity index (χ2v) is 5.65. The predicted octanol–water partition coefficient (Wildman–Crippen LogP) is 4.54. The van der Waals surface area contributed by atoms with E-state index in [4.69, 9.17) is 0 Å². The minimum Gasteiger partial charge on any atom is -0.478 e. The fourth-order valence-corrected chi connectivity index (χ4v) is 3.32. The topological polar surface area (TPSA) is 74.6 Å². The molecule has 0 saturated heterocycles. The molecule has 4 aromatic rings. The Labute approximate surface area is 136 Å². The van der Waals surface area contributed by atoms with Crippen molar-refractivity contribution in [2.24, 2.45) is 0 Å². The highest BCUT2D eigenvalue weighted by Gasteiger charge is 2.23. The van der Waals surface area contributed by atoms with E-state index in [1.165, 1.54) is 0 Å². The van der Waals surface area contributed by atoms with Gasteiger partial charge in [0, 0.05) is 0 Å². The maximum Gasteiger partial charge on any atom is 0.337 e. The Bertz CT molecular complexity index is 1160. The molecule has 0 amide bonds. The third kappa shape index (κ3) is 1.93. The van der Waals surface area contributed by atoms with Gasteiger partial charge >= 0.3 is 11.9 Å². The van der Waals surface area contributed by atoms with Crippen molar-refractivity contribution in [2.75, 3.05) is 0 Å². The summed E-state index contributed by atoms with van der Waals surface area (Å²) in [6.07, 6.45) is 0. The van der Waals surface area contributed by atoms with Gasteiger partial charge in [-0.05, 0) is 44.5 Å². The largest absolute Gasteiger partial charge is 0.478 e. The summed E-state index contributed by atoms with van der Waals surface area (Å²) < 4.78 is 0. The Hall–Kier alpha value is -3.40. The molecule has 0 fully saturated rings. The number of rotatable bonds is 2. The van der Waals surface area contributed by atoms with Crippen LogP contribution >= 0.6 is 0 Å². The molecule has 24 heavy (non-hydrogen) atoms. The number of carboxylic acids is 2. The van der Waals surface area contributed by atoms with Crippen LogP contribution in [0.2, 0.25) is 0 Å². The first kappa shape index (κ1) is 14.2. The molecule has 4 nitrogen and oxygen atoms in total. The van der Waals surface area contributed by atoms with Crippen LogP contribution in [-0.4, -0.2) is 22.2 Å². The molecule has 0 atom stereocenters. The summed E-state index contributed by atoms with van der Waals surface area (Å²) in [5, 5.41) is 23.5. The number of aromatic carboxylic acids is 2. The molecule has 0 spiro atoms. The fraction of sp³-hybridized carbons (Fsp3) is 0. The van der Waals surface area contributed by atoms with E-state index in [0.29, 0.717) is 10.8 Å². The van der Waals surface area contributed by atoms with Crippen LogP contribution in [0.5, 0.6) is 0 Å². The zero-order valence-electron chi connectivity index (χ0n) is 12.5. The second-order valence-electron chi connectivity index (χ2n) is 5.65. The minimum atomic E-state index is -1.24. The molecule has 2 N–H and O–H groups in total. The predicted molar refractivity (Wildman–Crippen MR) is 92.9 cm³/mol. The molecule has 4 rings (SSSR count). The first-order valence-corrected chi connectivity index (χ1v) is 7.41. The number of benzene rings is 4. The van der Waals surface area contributed by atoms with E-state index in [0.717, 1.165) is 21.5 Å². The number of hydrogen-bond donors (Lipinski definition) is 2. The molecule has 0 heterocycles. The molecule has 0 aromatic heterocycles. The van der Waals surface area contributed by atoms with Gasteiger partial charge in [-0.2, -0.15) is 0 Å². The Kier molecular flexibility index (Phi) is 3.00. The van der Waals surface area contributed by atoms with Gasteiger partial charge < -0.3 is 10.2 Å². The van der Waals surface area contributed by atoms with Gasteiger partial charge in [0.15, 0.2) is 0 Å². The molecule has 0 unspecified atom stereocenters. The quantitative estimate of drug-likeness (QED) is 0.420. The molecule has 4 heteroatoms. The average Bonchev–Trinajstić information content (AvgIpc) is 2.58. The first-order valence-electron chi connectivity index (χ1n) is 7.41. The van der Waals surface area contributed by atoms with Crippen molar-refractivity contribution in [1.29, 1.82) is 0 Å². The van der Waals surface area contributed by atoms with Crippen molar-refractivity contribution in [2.45, 2.75) is 0 Å². The summed E-state index contributed by atoms with van der Waals surface area (Å²) in [7, 11) is 0. The van der Waals surface area contributed by atoms with Gasteiger partial charge in [0.25, 0.3) is 0 Å². The summed E-state index contributed by atoms with van der Waals surface area (Å²) >= 11 is 0. The highest BCUT2D eigenvalue weighted by atomic mass is 16.4. The molecule has 0 aliphatic rings. The minimum absolute atomic E-state index is 0.165. The van der Waals surface area contributed by atoms with E-state index >= 15 is 0 Å². The van der Waals surface area contributed by atoms with Crippen LogP contribution < -0.4 is 0 Å². The van der Waals surface area contributed by atoms with Gasteiger partial charge in [-0.3, -0.25) is 0 Å². The molecule has 4 aromatic carbocycles.